The van der Waals surface area contributed by atoms with E-state index in [0.717, 1.165) is 17.8 Å². The third-order valence-corrected chi connectivity index (χ3v) is 3.99. The molecule has 1 rings (SSSR count). The zero-order chi connectivity index (χ0) is 10.4. The summed E-state index contributed by atoms with van der Waals surface area (Å²) < 4.78 is 0. The molecule has 1 fully saturated rings. The highest BCUT2D eigenvalue weighted by molar-refractivity contribution is 4.80. The zero-order valence-electron chi connectivity index (χ0n) is 10.2. The lowest BCUT2D eigenvalue weighted by Gasteiger charge is -2.35. The van der Waals surface area contributed by atoms with Crippen LogP contribution in [0.4, 0.5) is 0 Å². The van der Waals surface area contributed by atoms with Gasteiger partial charge in [-0.25, -0.2) is 0 Å². The van der Waals surface area contributed by atoms with Crippen molar-refractivity contribution in [3.8, 4) is 0 Å². The number of nitrogens with one attached hydrogen (secondary N) is 1. The highest BCUT2D eigenvalue weighted by Crippen LogP contribution is 2.35. The first kappa shape index (κ1) is 12.0. The maximum Gasteiger partial charge on any atom is -0.00179 e. The summed E-state index contributed by atoms with van der Waals surface area (Å²) in [4.78, 5) is 0. The summed E-state index contributed by atoms with van der Waals surface area (Å²) in [6.45, 7) is 9.51. The van der Waals surface area contributed by atoms with Gasteiger partial charge in [0.25, 0.3) is 0 Å². The van der Waals surface area contributed by atoms with E-state index in [1.165, 1.54) is 45.2 Å². The molecule has 0 aromatic heterocycles. The van der Waals surface area contributed by atoms with Gasteiger partial charge in [0.2, 0.25) is 0 Å². The van der Waals surface area contributed by atoms with Crippen LogP contribution in [0.1, 0.15) is 52.9 Å². The molecule has 0 bridgehead atoms. The van der Waals surface area contributed by atoms with Gasteiger partial charge in [-0.05, 0) is 43.7 Å². The molecule has 1 nitrogen and oxygen atoms in total. The second-order valence-electron chi connectivity index (χ2n) is 4.92. The molecule has 0 amide bonds. The molecule has 0 aromatic rings. The Labute approximate surface area is 89.7 Å². The van der Waals surface area contributed by atoms with Crippen LogP contribution in [0, 0.1) is 17.8 Å². The van der Waals surface area contributed by atoms with Gasteiger partial charge >= 0.3 is 0 Å². The SMILES string of the molecule is CCCNC[C@H]1CCC[C@@H](CC)C1C. The van der Waals surface area contributed by atoms with Gasteiger partial charge in [-0.2, -0.15) is 0 Å². The number of hydrogen-bond donors (Lipinski definition) is 1. The topological polar surface area (TPSA) is 12.0 Å². The van der Waals surface area contributed by atoms with Crippen molar-refractivity contribution in [2.75, 3.05) is 13.1 Å². The van der Waals surface area contributed by atoms with Crippen LogP contribution in [0.15, 0.2) is 0 Å². The molecule has 84 valence electrons. The lowest BCUT2D eigenvalue weighted by atomic mass is 9.72. The van der Waals surface area contributed by atoms with E-state index in [2.05, 4.69) is 26.1 Å². The minimum absolute atomic E-state index is 0.943. The largest absolute Gasteiger partial charge is 0.316 e. The lowest BCUT2D eigenvalue weighted by molar-refractivity contribution is 0.161. The summed E-state index contributed by atoms with van der Waals surface area (Å²) in [6, 6.07) is 0. The standard InChI is InChI=1S/C13H27N/c1-4-9-14-10-13-8-6-7-12(5-2)11(13)3/h11-14H,4-10H2,1-3H3/t11?,12-,13-/m1/s1. The maximum absolute atomic E-state index is 3.58. The van der Waals surface area contributed by atoms with Crippen molar-refractivity contribution in [3.05, 3.63) is 0 Å². The predicted molar refractivity (Wildman–Crippen MR) is 63.4 cm³/mol. The van der Waals surface area contributed by atoms with Crippen molar-refractivity contribution >= 4 is 0 Å². The van der Waals surface area contributed by atoms with Crippen molar-refractivity contribution in [1.82, 2.24) is 5.32 Å². The van der Waals surface area contributed by atoms with Crippen molar-refractivity contribution in [2.45, 2.75) is 52.9 Å². The molecule has 0 aliphatic heterocycles. The van der Waals surface area contributed by atoms with E-state index in [4.69, 9.17) is 0 Å². The van der Waals surface area contributed by atoms with E-state index in [1.807, 2.05) is 0 Å². The monoisotopic (exact) mass is 197 g/mol. The summed E-state index contributed by atoms with van der Waals surface area (Å²) in [5.41, 5.74) is 0. The first-order chi connectivity index (χ1) is 6.79. The quantitative estimate of drug-likeness (QED) is 0.666. The van der Waals surface area contributed by atoms with Crippen molar-refractivity contribution < 1.29 is 0 Å². The third kappa shape index (κ3) is 3.27. The fourth-order valence-corrected chi connectivity index (χ4v) is 2.88. The van der Waals surface area contributed by atoms with Crippen LogP contribution in [0.2, 0.25) is 0 Å². The summed E-state index contributed by atoms with van der Waals surface area (Å²) in [5.74, 6) is 2.88. The number of hydrogen-bond acceptors (Lipinski definition) is 1. The van der Waals surface area contributed by atoms with Gasteiger partial charge < -0.3 is 5.32 Å². The van der Waals surface area contributed by atoms with Crippen LogP contribution in [0.3, 0.4) is 0 Å². The smallest absolute Gasteiger partial charge is 0.00179 e. The second kappa shape index (κ2) is 6.44. The average Bonchev–Trinajstić information content (AvgIpc) is 2.21. The van der Waals surface area contributed by atoms with Crippen LogP contribution < -0.4 is 5.32 Å². The number of rotatable bonds is 5. The van der Waals surface area contributed by atoms with Crippen molar-refractivity contribution in [2.24, 2.45) is 17.8 Å². The Bertz CT molecular complexity index is 144. The molecule has 1 aliphatic rings. The van der Waals surface area contributed by atoms with Gasteiger partial charge in [0.1, 0.15) is 0 Å². The first-order valence-electron chi connectivity index (χ1n) is 6.50. The molecule has 1 N–H and O–H groups in total. The fraction of sp³-hybridized carbons (Fsp3) is 1.00. The summed E-state index contributed by atoms with van der Waals surface area (Å²) in [7, 11) is 0. The molecule has 0 aromatic carbocycles. The molecule has 3 atom stereocenters. The van der Waals surface area contributed by atoms with Crippen LogP contribution in [0.5, 0.6) is 0 Å². The Kier molecular flexibility index (Phi) is 5.54. The lowest BCUT2D eigenvalue weighted by Crippen LogP contribution is -2.33. The van der Waals surface area contributed by atoms with E-state index < -0.39 is 0 Å². The van der Waals surface area contributed by atoms with Gasteiger partial charge in [-0.3, -0.25) is 0 Å². The van der Waals surface area contributed by atoms with Crippen LogP contribution in [0.25, 0.3) is 0 Å². The minimum atomic E-state index is 0.943. The Hall–Kier alpha value is -0.0400. The second-order valence-corrected chi connectivity index (χ2v) is 4.92. The van der Waals surface area contributed by atoms with E-state index in [9.17, 15) is 0 Å². The molecule has 0 radical (unpaired) electrons. The van der Waals surface area contributed by atoms with Crippen molar-refractivity contribution in [3.63, 3.8) is 0 Å². The Morgan fingerprint density at radius 3 is 2.50 bits per heavy atom. The summed E-state index contributed by atoms with van der Waals surface area (Å²) in [6.07, 6.45) is 7.03. The molecule has 14 heavy (non-hydrogen) atoms. The molecule has 0 spiro atoms. The van der Waals surface area contributed by atoms with E-state index in [0.29, 0.717) is 0 Å². The fourth-order valence-electron chi connectivity index (χ4n) is 2.88. The Balaban J connectivity index is 2.28. The van der Waals surface area contributed by atoms with Gasteiger partial charge in [-0.1, -0.05) is 40.0 Å². The first-order valence-corrected chi connectivity index (χ1v) is 6.50. The Morgan fingerprint density at radius 2 is 1.86 bits per heavy atom. The van der Waals surface area contributed by atoms with Gasteiger partial charge in [0.15, 0.2) is 0 Å². The molecule has 1 heteroatoms. The molecule has 1 unspecified atom stereocenters. The molecule has 1 saturated carbocycles. The minimum Gasteiger partial charge on any atom is -0.316 e. The molecule has 1 aliphatic carbocycles. The summed E-state index contributed by atoms with van der Waals surface area (Å²) in [5, 5.41) is 3.58. The van der Waals surface area contributed by atoms with Gasteiger partial charge in [-0.15, -0.1) is 0 Å². The molecular weight excluding hydrogens is 170 g/mol. The molecule has 0 heterocycles. The van der Waals surface area contributed by atoms with Crippen molar-refractivity contribution in [1.29, 1.82) is 0 Å². The predicted octanol–water partition coefficient (Wildman–Crippen LogP) is 3.45. The van der Waals surface area contributed by atoms with E-state index >= 15 is 0 Å². The molecule has 0 saturated heterocycles. The summed E-state index contributed by atoms with van der Waals surface area (Å²) >= 11 is 0. The average molecular weight is 197 g/mol. The van der Waals surface area contributed by atoms with E-state index in [1.54, 1.807) is 0 Å². The van der Waals surface area contributed by atoms with Gasteiger partial charge in [0, 0.05) is 0 Å². The van der Waals surface area contributed by atoms with E-state index in [-0.39, 0.29) is 0 Å². The highest BCUT2D eigenvalue weighted by Gasteiger charge is 2.27. The molecular formula is C13H27N. The highest BCUT2D eigenvalue weighted by atomic mass is 14.9. The normalized spacial score (nSPS) is 33.2. The van der Waals surface area contributed by atoms with Crippen LogP contribution in [-0.4, -0.2) is 13.1 Å². The van der Waals surface area contributed by atoms with Crippen LogP contribution in [-0.2, 0) is 0 Å². The van der Waals surface area contributed by atoms with Crippen LogP contribution >= 0.6 is 0 Å². The van der Waals surface area contributed by atoms with Gasteiger partial charge in [0.05, 0.1) is 0 Å². The zero-order valence-corrected chi connectivity index (χ0v) is 10.2. The Morgan fingerprint density at radius 1 is 1.14 bits per heavy atom. The third-order valence-electron chi connectivity index (χ3n) is 3.99. The maximum atomic E-state index is 3.58.